The molecule has 0 spiro atoms. The van der Waals surface area contributed by atoms with Crippen LogP contribution in [0.2, 0.25) is 0 Å². The summed E-state index contributed by atoms with van der Waals surface area (Å²) in [5, 5.41) is 16.9. The molecule has 0 aliphatic carbocycles. The van der Waals surface area contributed by atoms with Gasteiger partial charge in [0.15, 0.2) is 0 Å². The van der Waals surface area contributed by atoms with Gasteiger partial charge in [-0.2, -0.15) is 0 Å². The van der Waals surface area contributed by atoms with Gasteiger partial charge in [0.2, 0.25) is 0 Å². The van der Waals surface area contributed by atoms with Crippen molar-refractivity contribution in [3.63, 3.8) is 0 Å². The molecule has 0 saturated heterocycles. The Labute approximate surface area is 369 Å². The Balaban J connectivity index is -0.0000000710. The molecule has 2 N–H and O–H groups in total. The van der Waals surface area contributed by atoms with E-state index >= 15 is 0 Å². The summed E-state index contributed by atoms with van der Waals surface area (Å²) in [5.74, 6) is -1.53. The summed E-state index contributed by atoms with van der Waals surface area (Å²) >= 11 is 0. The van der Waals surface area contributed by atoms with E-state index in [4.69, 9.17) is 10.2 Å². The fourth-order valence-corrected chi connectivity index (χ4v) is 3.23. The second-order valence-electron chi connectivity index (χ2n) is 7.76. The number of unbranched alkanes of at least 4 members (excludes halogenated alkanes) is 14. The Morgan fingerprint density at radius 1 is 0.611 bits per heavy atom. The zero-order valence-electron chi connectivity index (χ0n) is 20.3. The van der Waals surface area contributed by atoms with Crippen LogP contribution in [0.25, 0.3) is 0 Å². The van der Waals surface area contributed by atoms with Crippen LogP contribution in [0, 0.1) is 0 Å². The molecule has 0 aromatic heterocycles. The number of halogens is 3. The first-order valence-electron chi connectivity index (χ1n) is 11.6. The molecule has 1 rings (SSSR count). The molecular weight excluding hydrogens is 674 g/mol. The van der Waals surface area contributed by atoms with Gasteiger partial charge in [-0.25, -0.2) is 4.79 Å². The summed E-state index contributed by atoms with van der Waals surface area (Å²) in [6, 6.07) is 8.30. The van der Waals surface area contributed by atoms with Crippen LogP contribution >= 0.6 is 12.4 Å². The summed E-state index contributed by atoms with van der Waals surface area (Å²) in [5.41, 5.74) is 0.331. The van der Waals surface area contributed by atoms with Gasteiger partial charge in [0.25, 0.3) is 0 Å². The Morgan fingerprint density at radius 2 is 0.917 bits per heavy atom. The van der Waals surface area contributed by atoms with E-state index in [0.717, 1.165) is 12.8 Å². The number of rotatable bonds is 17. The normalized spacial score (nSPS) is 8.25. The van der Waals surface area contributed by atoms with Crippen molar-refractivity contribution < 1.29 is 29.2 Å². The van der Waals surface area contributed by atoms with Gasteiger partial charge in [-0.05, 0) is 18.6 Å². The van der Waals surface area contributed by atoms with Gasteiger partial charge < -0.3 is 10.2 Å². The van der Waals surface area contributed by atoms with E-state index in [1.807, 2.05) is 0 Å². The number of aliphatic carboxylic acids is 1. The van der Waals surface area contributed by atoms with E-state index < -0.39 is 11.9 Å². The van der Waals surface area contributed by atoms with Crippen molar-refractivity contribution in [1.29, 1.82) is 0 Å². The molecule has 0 fully saturated rings. The predicted molar refractivity (Wildman–Crippen MR) is 163 cm³/mol. The van der Waals surface area contributed by atoms with E-state index in [1.165, 1.54) is 83.5 Å². The summed E-state index contributed by atoms with van der Waals surface area (Å²) in [7, 11) is 0. The number of hydrogen-bond acceptors (Lipinski definition) is 2. The standard InChI is InChI=1S/C18H36O2.C7H6O2.ClH.2FH.3K.Sn.5H/c1-2-3-4-5-6-7-8-9-10-11-12-13-14-15-16-17-18(19)20;8-7(9)6-4-2-1-3-5-6;;;;;;;;;;;;/h2-17H2,1H3,(H,19,20);1-5H,(H,8,9);3*1H;;;;;;;;;. The zero-order chi connectivity index (χ0) is 21.6. The third-order valence-electron chi connectivity index (χ3n) is 5.01. The Hall–Kier alpha value is 4.02. The fraction of sp³-hybridized carbons (Fsp3) is 0.680. The fourth-order valence-electron chi connectivity index (χ4n) is 3.23. The van der Waals surface area contributed by atoms with Crippen LogP contribution < -0.4 is 0 Å². The quantitative estimate of drug-likeness (QED) is 0.163. The van der Waals surface area contributed by atoms with Gasteiger partial charge in [0.05, 0.1) is 5.56 Å². The molecule has 11 heteroatoms. The number of benzene rings is 1. The van der Waals surface area contributed by atoms with E-state index in [2.05, 4.69) is 6.92 Å². The van der Waals surface area contributed by atoms with E-state index in [9.17, 15) is 9.59 Å². The second-order valence-corrected chi connectivity index (χ2v) is 7.76. The van der Waals surface area contributed by atoms with Gasteiger partial charge in [-0.1, -0.05) is 115 Å². The van der Waals surface area contributed by atoms with E-state index in [-0.39, 0.29) is 200 Å². The molecule has 0 saturated carbocycles. The molecule has 4 nitrogen and oxygen atoms in total. The van der Waals surface area contributed by atoms with Gasteiger partial charge in [-0.3, -0.25) is 14.2 Å². The molecule has 36 heavy (non-hydrogen) atoms. The number of hydrogen-bond donors (Lipinski definition) is 2. The molecule has 0 unspecified atom stereocenters. The summed E-state index contributed by atoms with van der Waals surface area (Å²) in [6.45, 7) is 2.27. The first kappa shape index (κ1) is 59.4. The average Bonchev–Trinajstić information content (AvgIpc) is 2.72. The first-order chi connectivity index (χ1) is 14.1. The number of carboxylic acid groups (broad SMARTS) is 2. The predicted octanol–water partition coefficient (Wildman–Crippen LogP) is 5.58. The maximum absolute atomic E-state index is 10.3. The summed E-state index contributed by atoms with van der Waals surface area (Å²) in [6.07, 6.45) is 20.2. The molecule has 1 aromatic carbocycles. The maximum atomic E-state index is 10.3. The molecule has 1 aromatic rings. The van der Waals surface area contributed by atoms with Crippen molar-refractivity contribution in [2.75, 3.05) is 0 Å². The molecular formula is C25H50ClF2K3O4Sn. The van der Waals surface area contributed by atoms with Crippen molar-refractivity contribution in [1.82, 2.24) is 0 Å². The van der Waals surface area contributed by atoms with Crippen LogP contribution in [-0.4, -0.2) is 200 Å². The van der Waals surface area contributed by atoms with Crippen molar-refractivity contribution in [2.24, 2.45) is 0 Å². The molecule has 0 aliphatic rings. The van der Waals surface area contributed by atoms with Crippen LogP contribution in [0.4, 0.5) is 9.41 Å². The van der Waals surface area contributed by atoms with Crippen molar-refractivity contribution in [3.8, 4) is 0 Å². The Kier molecular flexibility index (Phi) is 80.4. The molecule has 0 heterocycles. The summed E-state index contributed by atoms with van der Waals surface area (Å²) in [4.78, 5) is 20.5. The number of carboxylic acids is 2. The monoisotopic (exact) mass is 724 g/mol. The van der Waals surface area contributed by atoms with Crippen molar-refractivity contribution in [2.45, 2.75) is 110 Å². The Morgan fingerprint density at radius 3 is 1.17 bits per heavy atom. The molecule has 0 amide bonds. The van der Waals surface area contributed by atoms with Crippen LogP contribution in [0.1, 0.15) is 120 Å². The van der Waals surface area contributed by atoms with Crippen molar-refractivity contribution >= 4 is 202 Å². The first-order valence-corrected chi connectivity index (χ1v) is 11.6. The van der Waals surface area contributed by atoms with Crippen LogP contribution in [0.3, 0.4) is 0 Å². The van der Waals surface area contributed by atoms with Gasteiger partial charge in [0.1, 0.15) is 0 Å². The van der Waals surface area contributed by atoms with Gasteiger partial charge >= 0.3 is 190 Å². The third-order valence-corrected chi connectivity index (χ3v) is 5.01. The summed E-state index contributed by atoms with van der Waals surface area (Å²) < 4.78 is 0. The molecule has 0 aliphatic heterocycles. The second kappa shape index (κ2) is 48.7. The van der Waals surface area contributed by atoms with Gasteiger partial charge in [-0.15, -0.1) is 12.4 Å². The molecule has 202 valence electrons. The minimum absolute atomic E-state index is 0. The number of carbonyl (C=O) groups is 2. The minimum atomic E-state index is -0.879. The van der Waals surface area contributed by atoms with E-state index in [1.54, 1.807) is 30.3 Å². The van der Waals surface area contributed by atoms with Crippen LogP contribution in [0.5, 0.6) is 0 Å². The van der Waals surface area contributed by atoms with Crippen LogP contribution in [0.15, 0.2) is 30.3 Å². The SMILES string of the molecule is CCCCCCCCCCCCCCCCCC(=O)O.Cl.F.F.O=C(O)c1ccccc1.[KH].[KH].[KH].[SnH2]. The Bertz CT molecular complexity index is 537. The molecule has 0 atom stereocenters. The molecule has 0 bridgehead atoms. The average molecular weight is 724 g/mol. The molecule has 2 radical (unpaired) electrons. The number of aromatic carboxylic acids is 1. The van der Waals surface area contributed by atoms with E-state index in [0.29, 0.717) is 12.0 Å². The third kappa shape index (κ3) is 47.8. The van der Waals surface area contributed by atoms with Crippen molar-refractivity contribution in [3.05, 3.63) is 35.9 Å². The topological polar surface area (TPSA) is 74.6 Å². The van der Waals surface area contributed by atoms with Crippen LogP contribution in [-0.2, 0) is 4.79 Å². The zero-order valence-corrected chi connectivity index (χ0v) is 25.2. The van der Waals surface area contributed by atoms with Gasteiger partial charge in [0, 0.05) is 6.42 Å².